The molecule has 5 atom stereocenters. The van der Waals surface area contributed by atoms with Gasteiger partial charge in [-0.2, -0.15) is 0 Å². The van der Waals surface area contributed by atoms with E-state index in [0.717, 1.165) is 28.4 Å². The van der Waals surface area contributed by atoms with E-state index in [-0.39, 0.29) is 29.6 Å². The van der Waals surface area contributed by atoms with Gasteiger partial charge < -0.3 is 19.8 Å². The van der Waals surface area contributed by atoms with Crippen LogP contribution in [0.4, 0.5) is 5.69 Å². The molecule has 3 fully saturated rings. The Morgan fingerprint density at radius 3 is 2.42 bits per heavy atom. The van der Waals surface area contributed by atoms with Gasteiger partial charge in [0.25, 0.3) is 5.91 Å². The Bertz CT molecular complexity index is 1590. The number of unbranched alkanes of at least 4 members (excludes halogenated alkanes) is 1. The van der Waals surface area contributed by atoms with Crippen molar-refractivity contribution in [1.29, 1.82) is 0 Å². The number of aliphatic hydroxyl groups excluding tert-OH is 1. The van der Waals surface area contributed by atoms with Gasteiger partial charge in [0.2, 0.25) is 11.8 Å². The van der Waals surface area contributed by atoms with Gasteiger partial charge in [0, 0.05) is 43.7 Å². The summed E-state index contributed by atoms with van der Waals surface area (Å²) in [5, 5.41) is 11.6. The SMILES string of the molecule is C=CCN(Cc1ccccc1)C(=O)[C@@H]1[C@H]2C(=O)N(CCCCO)C(C(=O)N(CC=C)c3ccc4ccccc4c3)C23CC[C@H]1S3. The predicted molar refractivity (Wildman–Crippen MR) is 181 cm³/mol. The molecular formula is C37H41N3O4S. The van der Waals surface area contributed by atoms with E-state index in [4.69, 9.17) is 0 Å². The molecule has 45 heavy (non-hydrogen) atoms. The molecule has 0 saturated carbocycles. The van der Waals surface area contributed by atoms with Crippen molar-refractivity contribution >= 4 is 45.9 Å². The molecule has 3 aliphatic heterocycles. The van der Waals surface area contributed by atoms with Gasteiger partial charge >= 0.3 is 0 Å². The highest BCUT2D eigenvalue weighted by atomic mass is 32.2. The minimum atomic E-state index is -0.713. The van der Waals surface area contributed by atoms with Gasteiger partial charge in [0.15, 0.2) is 0 Å². The molecular weight excluding hydrogens is 582 g/mol. The molecule has 0 aromatic heterocycles. The molecule has 0 radical (unpaired) electrons. The molecule has 3 aliphatic rings. The number of carbonyl (C=O) groups is 3. The van der Waals surface area contributed by atoms with Gasteiger partial charge in [-0.1, -0.05) is 72.8 Å². The third-order valence-corrected chi connectivity index (χ3v) is 11.6. The molecule has 3 amide bonds. The topological polar surface area (TPSA) is 81.2 Å². The first-order valence-corrected chi connectivity index (χ1v) is 16.8. The van der Waals surface area contributed by atoms with Crippen molar-refractivity contribution in [1.82, 2.24) is 9.80 Å². The van der Waals surface area contributed by atoms with Crippen LogP contribution >= 0.6 is 11.8 Å². The minimum Gasteiger partial charge on any atom is -0.396 e. The number of carbonyl (C=O) groups excluding carboxylic acids is 3. The third kappa shape index (κ3) is 5.59. The van der Waals surface area contributed by atoms with E-state index in [2.05, 4.69) is 13.2 Å². The van der Waals surface area contributed by atoms with Gasteiger partial charge in [-0.3, -0.25) is 14.4 Å². The van der Waals surface area contributed by atoms with Crippen LogP contribution in [0.2, 0.25) is 0 Å². The summed E-state index contributed by atoms with van der Waals surface area (Å²) in [6.45, 7) is 9.34. The first kappa shape index (κ1) is 31.1. The van der Waals surface area contributed by atoms with Crippen molar-refractivity contribution in [3.63, 3.8) is 0 Å². The largest absolute Gasteiger partial charge is 0.396 e. The van der Waals surface area contributed by atoms with Crippen LogP contribution < -0.4 is 4.90 Å². The Kier molecular flexibility index (Phi) is 9.15. The lowest BCUT2D eigenvalue weighted by Gasteiger charge is -2.37. The summed E-state index contributed by atoms with van der Waals surface area (Å²) in [7, 11) is 0. The zero-order valence-electron chi connectivity index (χ0n) is 25.6. The zero-order chi connectivity index (χ0) is 31.6. The summed E-state index contributed by atoms with van der Waals surface area (Å²) in [6.07, 6.45) is 6.05. The van der Waals surface area contributed by atoms with Gasteiger partial charge in [-0.25, -0.2) is 0 Å². The highest BCUT2D eigenvalue weighted by Crippen LogP contribution is 2.66. The van der Waals surface area contributed by atoms with Gasteiger partial charge in [-0.15, -0.1) is 24.9 Å². The summed E-state index contributed by atoms with van der Waals surface area (Å²) < 4.78 is -0.693. The van der Waals surface area contributed by atoms with Crippen molar-refractivity contribution < 1.29 is 19.5 Å². The average Bonchev–Trinajstić information content (AvgIpc) is 3.70. The fraction of sp³-hybridized carbons (Fsp3) is 0.378. The van der Waals surface area contributed by atoms with Crippen LogP contribution in [0.3, 0.4) is 0 Å². The second-order valence-corrected chi connectivity index (χ2v) is 13.9. The highest BCUT2D eigenvalue weighted by Gasteiger charge is 2.74. The fourth-order valence-corrected chi connectivity index (χ4v) is 9.90. The van der Waals surface area contributed by atoms with Crippen LogP contribution in [0.25, 0.3) is 10.8 Å². The monoisotopic (exact) mass is 623 g/mol. The Morgan fingerprint density at radius 1 is 0.956 bits per heavy atom. The number of anilines is 1. The predicted octanol–water partition coefficient (Wildman–Crippen LogP) is 5.44. The first-order chi connectivity index (χ1) is 21.9. The number of benzene rings is 3. The molecule has 234 valence electrons. The Hall–Kier alpha value is -3.88. The fourth-order valence-electron chi connectivity index (χ4n) is 7.70. The molecule has 1 N–H and O–H groups in total. The summed E-state index contributed by atoms with van der Waals surface area (Å²) in [4.78, 5) is 49.0. The van der Waals surface area contributed by atoms with Crippen LogP contribution in [-0.2, 0) is 20.9 Å². The Morgan fingerprint density at radius 2 is 1.69 bits per heavy atom. The van der Waals surface area contributed by atoms with Crippen LogP contribution in [0, 0.1) is 11.8 Å². The van der Waals surface area contributed by atoms with Crippen molar-refractivity contribution in [2.75, 3.05) is 31.1 Å². The first-order valence-electron chi connectivity index (χ1n) is 15.9. The van der Waals surface area contributed by atoms with Gasteiger partial charge in [0.1, 0.15) is 6.04 Å². The van der Waals surface area contributed by atoms with Crippen molar-refractivity contribution in [2.45, 2.75) is 48.3 Å². The van der Waals surface area contributed by atoms with Crippen LogP contribution in [0.1, 0.15) is 31.2 Å². The Labute approximate surface area is 269 Å². The van der Waals surface area contributed by atoms with Crippen LogP contribution in [-0.4, -0.2) is 74.9 Å². The molecule has 3 heterocycles. The number of amides is 3. The second-order valence-electron chi connectivity index (χ2n) is 12.3. The minimum absolute atomic E-state index is 0.0167. The van der Waals surface area contributed by atoms with E-state index in [1.807, 2.05) is 72.8 Å². The molecule has 8 heteroatoms. The van der Waals surface area contributed by atoms with E-state index >= 15 is 0 Å². The molecule has 1 spiro atoms. The van der Waals surface area contributed by atoms with Gasteiger partial charge in [0.05, 0.1) is 16.6 Å². The zero-order valence-corrected chi connectivity index (χ0v) is 26.4. The number of rotatable bonds is 13. The third-order valence-electron chi connectivity index (χ3n) is 9.63. The molecule has 7 nitrogen and oxygen atoms in total. The summed E-state index contributed by atoms with van der Waals surface area (Å²) in [5.74, 6) is -1.39. The normalized spacial score (nSPS) is 24.9. The van der Waals surface area contributed by atoms with Crippen LogP contribution in [0.15, 0.2) is 98.1 Å². The average molecular weight is 624 g/mol. The molecule has 3 aromatic rings. The standard InChI is InChI=1S/C37H41N3O4S/c1-3-20-38(25-26-12-6-5-7-13-26)34(42)31-30-18-19-37(45-30)32(31)35(43)40(22-10-11-23-41)33(37)36(44)39(21-4-2)29-17-16-27-14-8-9-15-28(27)24-29/h3-9,12-17,24,30-33,41H,1-2,10-11,18-23,25H2/t30-,31+,32+,33?,37?/m1/s1. The maximum atomic E-state index is 14.9. The molecule has 3 saturated heterocycles. The van der Waals surface area contributed by atoms with Crippen LogP contribution in [0.5, 0.6) is 0 Å². The molecule has 0 aliphatic carbocycles. The van der Waals surface area contributed by atoms with E-state index in [9.17, 15) is 19.5 Å². The quantitative estimate of drug-likeness (QED) is 0.203. The molecule has 2 bridgehead atoms. The maximum absolute atomic E-state index is 14.9. The van der Waals surface area contributed by atoms with Crippen molar-refractivity contribution in [3.05, 3.63) is 104 Å². The number of hydrogen-bond donors (Lipinski definition) is 1. The lowest BCUT2D eigenvalue weighted by molar-refractivity contribution is -0.144. The number of likely N-dealkylation sites (tertiary alicyclic amines) is 1. The Balaban J connectivity index is 1.37. The van der Waals surface area contributed by atoms with Crippen molar-refractivity contribution in [3.8, 4) is 0 Å². The number of nitrogens with zero attached hydrogens (tertiary/aromatic N) is 3. The lowest BCUT2D eigenvalue weighted by Crippen LogP contribution is -2.55. The second kappa shape index (κ2) is 13.2. The summed E-state index contributed by atoms with van der Waals surface area (Å²) in [6, 6.07) is 23.2. The number of fused-ring (bicyclic) bond motifs is 2. The van der Waals surface area contributed by atoms with Crippen molar-refractivity contribution in [2.24, 2.45) is 11.8 Å². The van der Waals surface area contributed by atoms with E-state index < -0.39 is 22.6 Å². The maximum Gasteiger partial charge on any atom is 0.251 e. The molecule has 3 aromatic carbocycles. The van der Waals surface area contributed by atoms with E-state index in [1.54, 1.807) is 38.6 Å². The van der Waals surface area contributed by atoms with Gasteiger partial charge in [-0.05, 0) is 54.2 Å². The summed E-state index contributed by atoms with van der Waals surface area (Å²) >= 11 is 1.69. The van der Waals surface area contributed by atoms with E-state index in [1.165, 1.54) is 0 Å². The smallest absolute Gasteiger partial charge is 0.251 e. The molecule has 6 rings (SSSR count). The molecule has 2 unspecified atom stereocenters. The lowest BCUT2D eigenvalue weighted by atomic mass is 9.70. The number of aliphatic hydroxyl groups is 1. The van der Waals surface area contributed by atoms with E-state index in [0.29, 0.717) is 45.4 Å². The summed E-state index contributed by atoms with van der Waals surface area (Å²) in [5.41, 5.74) is 1.77. The number of thioether (sulfide) groups is 1. The number of hydrogen-bond acceptors (Lipinski definition) is 5. The highest BCUT2D eigenvalue weighted by molar-refractivity contribution is 8.02.